The lowest BCUT2D eigenvalue weighted by Gasteiger charge is -2.33. The number of nitrogens with zero attached hydrogens (tertiary/aromatic N) is 2. The van der Waals surface area contributed by atoms with Crippen LogP contribution < -0.4 is 4.90 Å². The second kappa shape index (κ2) is 5.30. The molecular weight excluding hydrogens is 200 g/mol. The topological polar surface area (TPSA) is 36.4 Å². The van der Waals surface area contributed by atoms with Crippen molar-refractivity contribution in [1.82, 2.24) is 4.98 Å². The van der Waals surface area contributed by atoms with Crippen LogP contribution in [0.25, 0.3) is 0 Å². The summed E-state index contributed by atoms with van der Waals surface area (Å²) in [6.07, 6.45) is 7.69. The van der Waals surface area contributed by atoms with Gasteiger partial charge < -0.3 is 10.0 Å². The summed E-state index contributed by atoms with van der Waals surface area (Å²) in [5.41, 5.74) is 2.08. The minimum Gasteiger partial charge on any atom is -0.392 e. The normalized spacial score (nSPS) is 15.9. The zero-order chi connectivity index (χ0) is 11.4. The minimum absolute atomic E-state index is 0.0962. The number of rotatable bonds is 5. The number of hydrogen-bond donors (Lipinski definition) is 1. The van der Waals surface area contributed by atoms with E-state index in [9.17, 15) is 5.11 Å². The molecule has 1 aromatic rings. The van der Waals surface area contributed by atoms with Crippen LogP contribution in [0.2, 0.25) is 0 Å². The Balaban J connectivity index is 2.11. The van der Waals surface area contributed by atoms with Crippen molar-refractivity contribution in [2.24, 2.45) is 5.92 Å². The van der Waals surface area contributed by atoms with Crippen LogP contribution in [0.4, 0.5) is 5.69 Å². The first-order valence-electron chi connectivity index (χ1n) is 6.13. The van der Waals surface area contributed by atoms with Gasteiger partial charge in [-0.3, -0.25) is 4.98 Å². The van der Waals surface area contributed by atoms with E-state index >= 15 is 0 Å². The molecule has 3 heteroatoms. The van der Waals surface area contributed by atoms with E-state index in [0.717, 1.165) is 30.3 Å². The second-order valence-electron chi connectivity index (χ2n) is 4.50. The number of anilines is 1. The molecule has 1 saturated carbocycles. The summed E-state index contributed by atoms with van der Waals surface area (Å²) in [7, 11) is 0. The standard InChI is InChI=1S/C13H20N2O/c1-2-15(9-11-4-3-5-11)13-8-14-7-6-12(13)10-16/h6-8,11,16H,2-5,9-10H2,1H3. The predicted octanol–water partition coefficient (Wildman–Crippen LogP) is 2.20. The summed E-state index contributed by atoms with van der Waals surface area (Å²) in [5.74, 6) is 0.840. The molecular formula is C13H20N2O. The van der Waals surface area contributed by atoms with Crippen molar-refractivity contribution >= 4 is 5.69 Å². The molecule has 0 unspecified atom stereocenters. The molecule has 88 valence electrons. The molecule has 1 fully saturated rings. The highest BCUT2D eigenvalue weighted by Gasteiger charge is 2.21. The van der Waals surface area contributed by atoms with Crippen molar-refractivity contribution in [3.8, 4) is 0 Å². The Kier molecular flexibility index (Phi) is 3.78. The van der Waals surface area contributed by atoms with Gasteiger partial charge in [-0.15, -0.1) is 0 Å². The van der Waals surface area contributed by atoms with Crippen LogP contribution in [0.1, 0.15) is 31.7 Å². The lowest BCUT2D eigenvalue weighted by atomic mass is 9.85. The van der Waals surface area contributed by atoms with Gasteiger partial charge in [-0.2, -0.15) is 0 Å². The van der Waals surface area contributed by atoms with Gasteiger partial charge in [0.1, 0.15) is 0 Å². The molecule has 0 radical (unpaired) electrons. The molecule has 16 heavy (non-hydrogen) atoms. The van der Waals surface area contributed by atoms with E-state index in [4.69, 9.17) is 0 Å². The molecule has 0 atom stereocenters. The fraction of sp³-hybridized carbons (Fsp3) is 0.615. The van der Waals surface area contributed by atoms with Gasteiger partial charge in [0.25, 0.3) is 0 Å². The lowest BCUT2D eigenvalue weighted by molar-refractivity contribution is 0.281. The second-order valence-corrected chi connectivity index (χ2v) is 4.50. The fourth-order valence-corrected chi connectivity index (χ4v) is 2.22. The monoisotopic (exact) mass is 220 g/mol. The highest BCUT2D eigenvalue weighted by molar-refractivity contribution is 5.51. The van der Waals surface area contributed by atoms with Crippen LogP contribution >= 0.6 is 0 Å². The van der Waals surface area contributed by atoms with Crippen molar-refractivity contribution in [2.75, 3.05) is 18.0 Å². The summed E-state index contributed by atoms with van der Waals surface area (Å²) in [5, 5.41) is 9.31. The smallest absolute Gasteiger partial charge is 0.0703 e. The SMILES string of the molecule is CCN(CC1CCC1)c1cnccc1CO. The highest BCUT2D eigenvalue weighted by atomic mass is 16.3. The van der Waals surface area contributed by atoms with Gasteiger partial charge in [-0.25, -0.2) is 0 Å². The van der Waals surface area contributed by atoms with Crippen LogP contribution in [0, 0.1) is 5.92 Å². The molecule has 3 nitrogen and oxygen atoms in total. The molecule has 0 amide bonds. The van der Waals surface area contributed by atoms with Crippen LogP contribution in [0.3, 0.4) is 0 Å². The number of aromatic nitrogens is 1. The average Bonchev–Trinajstić information content (AvgIpc) is 2.28. The Hall–Kier alpha value is -1.09. The summed E-state index contributed by atoms with van der Waals surface area (Å²) in [6, 6.07) is 1.90. The maximum absolute atomic E-state index is 9.31. The molecule has 0 spiro atoms. The largest absolute Gasteiger partial charge is 0.392 e. The van der Waals surface area contributed by atoms with Crippen molar-refractivity contribution < 1.29 is 5.11 Å². The number of pyridine rings is 1. The molecule has 1 aliphatic rings. The van der Waals surface area contributed by atoms with E-state index < -0.39 is 0 Å². The van der Waals surface area contributed by atoms with Gasteiger partial charge in [0, 0.05) is 24.8 Å². The van der Waals surface area contributed by atoms with Gasteiger partial charge in [-0.1, -0.05) is 6.42 Å². The minimum atomic E-state index is 0.0962. The summed E-state index contributed by atoms with van der Waals surface area (Å²) >= 11 is 0. The highest BCUT2D eigenvalue weighted by Crippen LogP contribution is 2.29. The average molecular weight is 220 g/mol. The number of hydrogen-bond acceptors (Lipinski definition) is 3. The Morgan fingerprint density at radius 3 is 2.88 bits per heavy atom. The molecule has 1 heterocycles. The molecule has 0 saturated heterocycles. The van der Waals surface area contributed by atoms with Gasteiger partial charge >= 0.3 is 0 Å². The molecule has 1 N–H and O–H groups in total. The van der Waals surface area contributed by atoms with E-state index in [1.807, 2.05) is 12.3 Å². The maximum Gasteiger partial charge on any atom is 0.0703 e. The van der Waals surface area contributed by atoms with Crippen molar-refractivity contribution in [3.05, 3.63) is 24.0 Å². The predicted molar refractivity (Wildman–Crippen MR) is 65.4 cm³/mol. The first-order chi connectivity index (χ1) is 7.85. The van der Waals surface area contributed by atoms with Gasteiger partial charge in [0.05, 0.1) is 18.5 Å². The van der Waals surface area contributed by atoms with Crippen LogP contribution in [-0.4, -0.2) is 23.2 Å². The molecule has 0 aliphatic heterocycles. The van der Waals surface area contributed by atoms with Gasteiger partial charge in [0.2, 0.25) is 0 Å². The van der Waals surface area contributed by atoms with E-state index in [0.29, 0.717) is 0 Å². The van der Waals surface area contributed by atoms with Crippen molar-refractivity contribution in [2.45, 2.75) is 32.8 Å². The Bertz CT molecular complexity index is 336. The quantitative estimate of drug-likeness (QED) is 0.826. The maximum atomic E-state index is 9.31. The Labute approximate surface area is 97.1 Å². The van der Waals surface area contributed by atoms with E-state index in [-0.39, 0.29) is 6.61 Å². The Morgan fingerprint density at radius 2 is 2.31 bits per heavy atom. The van der Waals surface area contributed by atoms with Crippen molar-refractivity contribution in [3.63, 3.8) is 0 Å². The van der Waals surface area contributed by atoms with E-state index in [2.05, 4.69) is 16.8 Å². The Morgan fingerprint density at radius 1 is 1.50 bits per heavy atom. The molecule has 1 aliphatic carbocycles. The van der Waals surface area contributed by atoms with Gasteiger partial charge in [0.15, 0.2) is 0 Å². The lowest BCUT2D eigenvalue weighted by Crippen LogP contribution is -2.33. The zero-order valence-corrected chi connectivity index (χ0v) is 9.89. The fourth-order valence-electron chi connectivity index (χ4n) is 2.22. The third-order valence-electron chi connectivity index (χ3n) is 3.48. The third kappa shape index (κ3) is 2.35. The molecule has 2 rings (SSSR count). The van der Waals surface area contributed by atoms with Gasteiger partial charge in [-0.05, 0) is 31.7 Å². The summed E-state index contributed by atoms with van der Waals surface area (Å²) < 4.78 is 0. The van der Waals surface area contributed by atoms with Crippen molar-refractivity contribution in [1.29, 1.82) is 0 Å². The zero-order valence-electron chi connectivity index (χ0n) is 9.89. The van der Waals surface area contributed by atoms with E-state index in [1.54, 1.807) is 6.20 Å². The third-order valence-corrected chi connectivity index (χ3v) is 3.48. The van der Waals surface area contributed by atoms with Crippen LogP contribution in [0.5, 0.6) is 0 Å². The number of aliphatic hydroxyl groups excluding tert-OH is 1. The van der Waals surface area contributed by atoms with E-state index in [1.165, 1.54) is 19.3 Å². The summed E-state index contributed by atoms with van der Waals surface area (Å²) in [4.78, 5) is 6.50. The molecule has 0 bridgehead atoms. The van der Waals surface area contributed by atoms with Crippen LogP contribution in [-0.2, 0) is 6.61 Å². The number of aliphatic hydroxyl groups is 1. The first kappa shape index (κ1) is 11.4. The molecule has 1 aromatic heterocycles. The first-order valence-corrected chi connectivity index (χ1v) is 6.13. The molecule has 0 aromatic carbocycles. The summed E-state index contributed by atoms with van der Waals surface area (Å²) in [6.45, 7) is 4.34. The van der Waals surface area contributed by atoms with Crippen LogP contribution in [0.15, 0.2) is 18.5 Å².